The van der Waals surface area contributed by atoms with Gasteiger partial charge in [-0.25, -0.2) is 0 Å². The summed E-state index contributed by atoms with van der Waals surface area (Å²) in [4.78, 5) is 0. The van der Waals surface area contributed by atoms with Crippen molar-refractivity contribution in [1.29, 1.82) is 0 Å². The van der Waals surface area contributed by atoms with Gasteiger partial charge in [-0.3, -0.25) is 0 Å². The summed E-state index contributed by atoms with van der Waals surface area (Å²) < 4.78 is 14.5. The van der Waals surface area contributed by atoms with Gasteiger partial charge in [-0.2, -0.15) is 0 Å². The van der Waals surface area contributed by atoms with Crippen molar-refractivity contribution in [1.82, 2.24) is 0 Å². The third-order valence-corrected chi connectivity index (χ3v) is 8.08. The predicted octanol–water partition coefficient (Wildman–Crippen LogP) is 6.39. The molecule has 0 saturated heterocycles. The van der Waals surface area contributed by atoms with Crippen molar-refractivity contribution in [2.45, 2.75) is 105 Å². The first-order valence-corrected chi connectivity index (χ1v) is 11.1. The number of hydrogen-bond donors (Lipinski definition) is 0. The molecule has 0 aliphatic heterocycles. The Hall–Kier alpha value is 0.0223. The molecule has 0 amide bonds. The summed E-state index contributed by atoms with van der Waals surface area (Å²) in [6.07, 6.45) is 0. The van der Waals surface area contributed by atoms with E-state index in [1.165, 1.54) is 0 Å². The van der Waals surface area contributed by atoms with Crippen molar-refractivity contribution < 1.29 is 16.2 Å². The number of nitrogens with one attached hydrogen (secondary N) is 1. The summed E-state index contributed by atoms with van der Waals surface area (Å²) in [5.74, 6) is 0. The van der Waals surface area contributed by atoms with Crippen molar-refractivity contribution in [3.8, 4) is 0 Å². The van der Waals surface area contributed by atoms with Crippen LogP contribution in [0.5, 0.6) is 0 Å². The average molecular weight is 472 g/mol. The molecule has 0 aromatic heterocycles. The second kappa shape index (κ2) is 8.04. The molecule has 1 N–H and O–H groups in total. The third-order valence-electron chi connectivity index (χ3n) is 0.987. The van der Waals surface area contributed by atoms with Crippen LogP contribution >= 0.6 is 0 Å². The van der Waals surface area contributed by atoms with Crippen LogP contribution in [0.25, 0.3) is 5.73 Å². The molecule has 0 fully saturated rings. The molecule has 129 valence electrons. The minimum atomic E-state index is -2.22. The van der Waals surface area contributed by atoms with Gasteiger partial charge < -0.3 is 5.73 Å². The van der Waals surface area contributed by atoms with Crippen LogP contribution in [0, 0.1) is 0 Å². The topological polar surface area (TPSA) is 60.9 Å². The van der Waals surface area contributed by atoms with Gasteiger partial charge in [-0.1, -0.05) is 20.8 Å². The second-order valence-electron chi connectivity index (χ2n) is 9.24. The van der Waals surface area contributed by atoms with Crippen molar-refractivity contribution in [2.75, 3.05) is 0 Å². The molecule has 21 heavy (non-hydrogen) atoms. The molecule has 0 aromatic rings. The van der Waals surface area contributed by atoms with Gasteiger partial charge in [0.15, 0.2) is 0 Å². The molecule has 5 heteroatoms. The van der Waals surface area contributed by atoms with Crippen LogP contribution in [-0.4, -0.2) is 22.2 Å². The fourth-order valence-corrected chi connectivity index (χ4v) is 6.03. The Balaban J connectivity index is 0. The summed E-state index contributed by atoms with van der Waals surface area (Å²) >= 11 is -2.22. The van der Waals surface area contributed by atoms with Crippen LogP contribution < -0.4 is 0 Å². The molecule has 0 spiro atoms. The molecule has 0 bridgehead atoms. The minimum absolute atomic E-state index is 0.0207. The number of nitrogens with zero attached hydrogens (tertiary/aromatic N) is 3. The first-order valence-electron chi connectivity index (χ1n) is 7.43. The van der Waals surface area contributed by atoms with E-state index in [9.17, 15) is 0 Å². The quantitative estimate of drug-likeness (QED) is 0.393. The summed E-state index contributed by atoms with van der Waals surface area (Å²) in [5.41, 5.74) is 6.63. The molecule has 0 atom stereocenters. The van der Waals surface area contributed by atoms with Crippen molar-refractivity contribution in [3.63, 3.8) is 0 Å². The van der Waals surface area contributed by atoms with E-state index in [0.29, 0.717) is 0 Å². The maximum atomic E-state index is 6.94. The van der Waals surface area contributed by atoms with Crippen LogP contribution in [0.3, 0.4) is 0 Å². The molecule has 0 aliphatic carbocycles. The first-order chi connectivity index (χ1) is 8.79. The zero-order valence-electron chi connectivity index (χ0n) is 16.2. The van der Waals surface area contributed by atoms with E-state index in [1.54, 1.807) is 0 Å². The Morgan fingerprint density at radius 2 is 0.667 bits per heavy atom. The van der Waals surface area contributed by atoms with Gasteiger partial charge >= 0.3 is 106 Å². The molecular formula is C16H37N4Re-. The molecule has 0 aliphatic rings. The van der Waals surface area contributed by atoms with Gasteiger partial charge in [0.1, 0.15) is 0 Å². The van der Waals surface area contributed by atoms with E-state index in [2.05, 4.69) is 62.3 Å². The maximum absolute atomic E-state index is 6.94. The zero-order chi connectivity index (χ0) is 17.7. The fourth-order valence-electron chi connectivity index (χ4n) is 0.737. The molecule has 0 rings (SSSR count). The summed E-state index contributed by atoms with van der Waals surface area (Å²) in [5, 5.41) is 0. The van der Waals surface area contributed by atoms with E-state index in [0.717, 1.165) is 0 Å². The third kappa shape index (κ3) is 28.8. The van der Waals surface area contributed by atoms with Crippen molar-refractivity contribution in [2.24, 2.45) is 10.7 Å². The molecule has 0 heterocycles. The van der Waals surface area contributed by atoms with Crippen molar-refractivity contribution in [3.05, 3.63) is 5.73 Å². The number of rotatable bonds is 0. The standard InChI is InChI=1S/C4H10N.3C4H9N.Re/c4*1-4(2,3)5;/h5H,1-3H3;3*1-3H3;/q-1;;;;. The summed E-state index contributed by atoms with van der Waals surface area (Å²) in [7, 11) is 0. The molecular weight excluding hydrogens is 434 g/mol. The average Bonchev–Trinajstić information content (AvgIpc) is 1.86. The van der Waals surface area contributed by atoms with Gasteiger partial charge in [-0.05, 0) is 0 Å². The van der Waals surface area contributed by atoms with Crippen LogP contribution in [-0.2, 0) is 16.2 Å². The fraction of sp³-hybridized carbons (Fsp3) is 1.00. The monoisotopic (exact) mass is 472 g/mol. The SMILES string of the molecule is CC(C)(C)[NH-].CC(C)(C)[N]=[Re](=[N]C(C)(C)C)=[N]C(C)(C)C. The Kier molecular flexibility index (Phi) is 8.91. The van der Waals surface area contributed by atoms with Gasteiger partial charge in [0.05, 0.1) is 0 Å². The van der Waals surface area contributed by atoms with E-state index >= 15 is 0 Å². The van der Waals surface area contributed by atoms with Gasteiger partial charge in [-0.15, -0.1) is 5.54 Å². The normalized spacial score (nSPS) is 13.0. The van der Waals surface area contributed by atoms with Gasteiger partial charge in [0, 0.05) is 0 Å². The Bertz CT molecular complexity index is 379. The first kappa shape index (κ1) is 23.3. The molecule has 0 unspecified atom stereocenters. The van der Waals surface area contributed by atoms with Crippen molar-refractivity contribution >= 4 is 0 Å². The molecule has 0 saturated carbocycles. The predicted molar refractivity (Wildman–Crippen MR) is 90.6 cm³/mol. The van der Waals surface area contributed by atoms with E-state index in [4.69, 9.17) is 16.4 Å². The molecule has 0 aromatic carbocycles. The van der Waals surface area contributed by atoms with Gasteiger partial charge in [0.25, 0.3) is 0 Å². The summed E-state index contributed by atoms with van der Waals surface area (Å²) in [6.45, 7) is 24.7. The van der Waals surface area contributed by atoms with E-state index in [1.807, 2.05) is 20.8 Å². The van der Waals surface area contributed by atoms with Crippen LogP contribution in [0.4, 0.5) is 0 Å². The Morgan fingerprint density at radius 3 is 0.762 bits per heavy atom. The number of hydrogen-bond acceptors (Lipinski definition) is 3. The van der Waals surface area contributed by atoms with Crippen LogP contribution in [0.2, 0.25) is 0 Å². The molecule has 4 nitrogen and oxygen atoms in total. The Morgan fingerprint density at radius 1 is 0.524 bits per heavy atom. The van der Waals surface area contributed by atoms with Crippen LogP contribution in [0.1, 0.15) is 83.1 Å². The second-order valence-corrected chi connectivity index (χ2v) is 12.7. The summed E-state index contributed by atoms with van der Waals surface area (Å²) in [6, 6.07) is 0. The Labute approximate surface area is 138 Å². The van der Waals surface area contributed by atoms with Gasteiger partial charge in [0.2, 0.25) is 0 Å². The van der Waals surface area contributed by atoms with Crippen LogP contribution in [0.15, 0.2) is 10.7 Å². The molecule has 0 radical (unpaired) electrons. The van der Waals surface area contributed by atoms with E-state index in [-0.39, 0.29) is 22.2 Å². The van der Waals surface area contributed by atoms with E-state index < -0.39 is 16.2 Å². The zero-order valence-corrected chi connectivity index (χ0v) is 18.9.